The summed E-state index contributed by atoms with van der Waals surface area (Å²) >= 11 is 0. The fourth-order valence-corrected chi connectivity index (χ4v) is 3.45. The smallest absolute Gasteiger partial charge is 0.273 e. The Labute approximate surface area is 146 Å². The van der Waals surface area contributed by atoms with Crippen LogP contribution in [-0.2, 0) is 15.4 Å². The molecule has 2 aromatic rings. The molecule has 2 aromatic carbocycles. The molecule has 0 amide bonds. The van der Waals surface area contributed by atoms with Crippen LogP contribution in [0.4, 0.5) is 11.4 Å². The molecule has 1 N–H and O–H groups in total. The molecule has 0 heterocycles. The van der Waals surface area contributed by atoms with Gasteiger partial charge in [-0.15, -0.1) is 0 Å². The first-order valence-corrected chi connectivity index (χ1v) is 8.99. The Morgan fingerprint density at radius 3 is 2.16 bits per heavy atom. The van der Waals surface area contributed by atoms with E-state index in [9.17, 15) is 18.5 Å². The maximum atomic E-state index is 12.6. The van der Waals surface area contributed by atoms with Crippen LogP contribution in [0.15, 0.2) is 47.4 Å². The van der Waals surface area contributed by atoms with Gasteiger partial charge in [-0.2, -0.15) is 0 Å². The lowest BCUT2D eigenvalue weighted by Crippen LogP contribution is -2.15. The van der Waals surface area contributed by atoms with Gasteiger partial charge in [0.25, 0.3) is 15.7 Å². The summed E-state index contributed by atoms with van der Waals surface area (Å²) in [5.74, 6) is -0.0898. The molecule has 0 aliphatic rings. The highest BCUT2D eigenvalue weighted by molar-refractivity contribution is 7.92. The SMILES string of the molecule is COc1cc([N+](=O)[O-])ccc1S(=O)(=O)Nc1ccc(C(C)(C)C)cc1. The number of benzene rings is 2. The molecule has 0 aliphatic carbocycles. The van der Waals surface area contributed by atoms with Crippen molar-refractivity contribution >= 4 is 21.4 Å². The normalized spacial score (nSPS) is 11.8. The molecule has 25 heavy (non-hydrogen) atoms. The zero-order valence-corrected chi connectivity index (χ0v) is 15.3. The number of hydrogen-bond acceptors (Lipinski definition) is 5. The summed E-state index contributed by atoms with van der Waals surface area (Å²) < 4.78 is 32.6. The van der Waals surface area contributed by atoms with Gasteiger partial charge in [-0.25, -0.2) is 8.42 Å². The summed E-state index contributed by atoms with van der Waals surface area (Å²) in [6.07, 6.45) is 0. The molecule has 0 aromatic heterocycles. The number of methoxy groups -OCH3 is 1. The maximum Gasteiger partial charge on any atom is 0.273 e. The van der Waals surface area contributed by atoms with E-state index in [0.29, 0.717) is 5.69 Å². The maximum absolute atomic E-state index is 12.6. The van der Waals surface area contributed by atoms with Crippen LogP contribution in [0.3, 0.4) is 0 Å². The van der Waals surface area contributed by atoms with Crippen LogP contribution in [0.25, 0.3) is 0 Å². The highest BCUT2D eigenvalue weighted by Crippen LogP contribution is 2.30. The van der Waals surface area contributed by atoms with E-state index in [4.69, 9.17) is 4.74 Å². The Morgan fingerprint density at radius 1 is 1.08 bits per heavy atom. The van der Waals surface area contributed by atoms with Crippen LogP contribution in [0.2, 0.25) is 0 Å². The number of nitro benzene ring substituents is 1. The average molecular weight is 364 g/mol. The van der Waals surface area contributed by atoms with E-state index in [1.165, 1.54) is 7.11 Å². The molecular formula is C17H20N2O5S. The Morgan fingerprint density at radius 2 is 1.68 bits per heavy atom. The van der Waals surface area contributed by atoms with Crippen molar-refractivity contribution < 1.29 is 18.1 Å². The largest absolute Gasteiger partial charge is 0.495 e. The van der Waals surface area contributed by atoms with Crippen molar-refractivity contribution in [2.45, 2.75) is 31.1 Å². The number of sulfonamides is 1. The average Bonchev–Trinajstić information content (AvgIpc) is 2.53. The highest BCUT2D eigenvalue weighted by atomic mass is 32.2. The Balaban J connectivity index is 2.35. The fraction of sp³-hybridized carbons (Fsp3) is 0.294. The van der Waals surface area contributed by atoms with Gasteiger partial charge in [0.15, 0.2) is 0 Å². The predicted molar refractivity (Wildman–Crippen MR) is 95.6 cm³/mol. The zero-order valence-electron chi connectivity index (χ0n) is 14.4. The van der Waals surface area contributed by atoms with Crippen molar-refractivity contribution in [3.8, 4) is 5.75 Å². The highest BCUT2D eigenvalue weighted by Gasteiger charge is 2.22. The summed E-state index contributed by atoms with van der Waals surface area (Å²) in [6, 6.07) is 10.4. The summed E-state index contributed by atoms with van der Waals surface area (Å²) in [5.41, 5.74) is 1.18. The number of ether oxygens (including phenoxy) is 1. The van der Waals surface area contributed by atoms with Crippen LogP contribution in [0, 0.1) is 10.1 Å². The van der Waals surface area contributed by atoms with Crippen molar-refractivity contribution in [3.05, 3.63) is 58.1 Å². The molecule has 8 heteroatoms. The van der Waals surface area contributed by atoms with E-state index >= 15 is 0 Å². The third kappa shape index (κ3) is 4.27. The molecule has 0 radical (unpaired) electrons. The first kappa shape index (κ1) is 18.7. The van der Waals surface area contributed by atoms with Gasteiger partial charge >= 0.3 is 0 Å². The third-order valence-corrected chi connectivity index (χ3v) is 5.07. The van der Waals surface area contributed by atoms with Crippen molar-refractivity contribution in [2.75, 3.05) is 11.8 Å². The van der Waals surface area contributed by atoms with Gasteiger partial charge in [0, 0.05) is 11.8 Å². The van der Waals surface area contributed by atoms with Gasteiger partial charge in [-0.1, -0.05) is 32.9 Å². The topological polar surface area (TPSA) is 98.5 Å². The lowest BCUT2D eigenvalue weighted by molar-refractivity contribution is -0.385. The lowest BCUT2D eigenvalue weighted by atomic mass is 9.87. The van der Waals surface area contributed by atoms with Crippen LogP contribution < -0.4 is 9.46 Å². The Bertz CT molecular complexity index is 884. The molecule has 7 nitrogen and oxygen atoms in total. The monoisotopic (exact) mass is 364 g/mol. The first-order valence-electron chi connectivity index (χ1n) is 7.50. The summed E-state index contributed by atoms with van der Waals surface area (Å²) in [6.45, 7) is 6.19. The van der Waals surface area contributed by atoms with Crippen molar-refractivity contribution in [3.63, 3.8) is 0 Å². The molecule has 0 saturated carbocycles. The van der Waals surface area contributed by atoms with Gasteiger partial charge in [-0.05, 0) is 29.2 Å². The number of nitrogens with one attached hydrogen (secondary N) is 1. The molecule has 0 spiro atoms. The first-order chi connectivity index (χ1) is 11.5. The predicted octanol–water partition coefficient (Wildman–Crippen LogP) is 3.70. The zero-order chi connectivity index (χ0) is 18.8. The summed E-state index contributed by atoms with van der Waals surface area (Å²) in [7, 11) is -2.68. The number of hydrogen-bond donors (Lipinski definition) is 1. The van der Waals surface area contributed by atoms with E-state index in [1.54, 1.807) is 12.1 Å². The van der Waals surface area contributed by atoms with Gasteiger partial charge in [0.2, 0.25) is 0 Å². The van der Waals surface area contributed by atoms with Crippen molar-refractivity contribution in [1.82, 2.24) is 0 Å². The second kappa shape index (κ2) is 6.72. The van der Waals surface area contributed by atoms with E-state index in [-0.39, 0.29) is 21.7 Å². The quantitative estimate of drug-likeness (QED) is 0.644. The molecule has 134 valence electrons. The van der Waals surface area contributed by atoms with Crippen LogP contribution in [0.1, 0.15) is 26.3 Å². The number of anilines is 1. The van der Waals surface area contributed by atoms with Crippen LogP contribution >= 0.6 is 0 Å². The molecule has 2 rings (SSSR count). The fourth-order valence-electron chi connectivity index (χ4n) is 2.24. The molecule has 0 bridgehead atoms. The number of nitro groups is 1. The minimum Gasteiger partial charge on any atom is -0.495 e. The lowest BCUT2D eigenvalue weighted by Gasteiger charge is -2.19. The van der Waals surface area contributed by atoms with E-state index in [0.717, 1.165) is 23.8 Å². The minimum atomic E-state index is -3.94. The van der Waals surface area contributed by atoms with E-state index in [1.807, 2.05) is 12.1 Å². The summed E-state index contributed by atoms with van der Waals surface area (Å²) in [4.78, 5) is 10.0. The Hall–Kier alpha value is -2.61. The van der Waals surface area contributed by atoms with Gasteiger partial charge in [0.05, 0.1) is 18.1 Å². The molecule has 0 saturated heterocycles. The van der Waals surface area contributed by atoms with Crippen molar-refractivity contribution in [2.24, 2.45) is 0 Å². The molecule has 0 unspecified atom stereocenters. The third-order valence-electron chi connectivity index (χ3n) is 3.65. The van der Waals surface area contributed by atoms with Crippen LogP contribution in [-0.4, -0.2) is 20.5 Å². The standard InChI is InChI=1S/C17H20N2O5S/c1-17(2,3)12-5-7-13(8-6-12)18-25(22,23)16-10-9-14(19(20)21)11-15(16)24-4/h5-11,18H,1-4H3. The minimum absolute atomic E-state index is 0.0427. The van der Waals surface area contributed by atoms with Gasteiger partial charge < -0.3 is 4.74 Å². The number of nitrogens with zero attached hydrogens (tertiary/aromatic N) is 1. The van der Waals surface area contributed by atoms with Gasteiger partial charge in [0.1, 0.15) is 10.6 Å². The van der Waals surface area contributed by atoms with Gasteiger partial charge in [-0.3, -0.25) is 14.8 Å². The van der Waals surface area contributed by atoms with E-state index < -0.39 is 14.9 Å². The molecular weight excluding hydrogens is 344 g/mol. The summed E-state index contributed by atoms with van der Waals surface area (Å²) in [5, 5.41) is 10.8. The second-order valence-corrected chi connectivity index (χ2v) is 8.18. The Kier molecular flexibility index (Phi) is 5.03. The second-order valence-electron chi connectivity index (χ2n) is 6.53. The number of non-ortho nitro benzene ring substituents is 1. The molecule has 0 fully saturated rings. The van der Waals surface area contributed by atoms with Crippen LogP contribution in [0.5, 0.6) is 5.75 Å². The molecule has 0 aliphatic heterocycles. The number of rotatable bonds is 5. The van der Waals surface area contributed by atoms with E-state index in [2.05, 4.69) is 25.5 Å². The van der Waals surface area contributed by atoms with Crippen molar-refractivity contribution in [1.29, 1.82) is 0 Å². The molecule has 0 atom stereocenters.